The molecule has 0 atom stereocenters. The van der Waals surface area contributed by atoms with Crippen LogP contribution in [0.2, 0.25) is 0 Å². The number of hydrogen-bond donors (Lipinski definition) is 0. The fraction of sp³-hybridized carbons (Fsp3) is 0.192. The summed E-state index contributed by atoms with van der Waals surface area (Å²) in [4.78, 5) is 0. The molecule has 0 N–H and O–H groups in total. The summed E-state index contributed by atoms with van der Waals surface area (Å²) in [6, 6.07) is 23.4. The summed E-state index contributed by atoms with van der Waals surface area (Å²) < 4.78 is 0. The van der Waals surface area contributed by atoms with Crippen LogP contribution in [0.25, 0.3) is 21.9 Å². The number of fused-ring (bicyclic) bond motifs is 1. The van der Waals surface area contributed by atoms with Gasteiger partial charge >= 0.3 is 30.2 Å². The zero-order valence-electron chi connectivity index (χ0n) is 18.5. The number of benzene rings is 2. The summed E-state index contributed by atoms with van der Waals surface area (Å²) in [6.07, 6.45) is 8.37. The maximum atomic E-state index is 3.16. The molecule has 2 radical (unpaired) electrons. The first-order chi connectivity index (χ1) is 12.6. The zero-order valence-corrected chi connectivity index (χ0v) is 23.6. The van der Waals surface area contributed by atoms with Crippen LogP contribution < -0.4 is 0 Å². The second kappa shape index (κ2) is 16.8. The molecule has 3 aromatic carbocycles. The molecule has 3 aromatic rings. The Bertz CT molecular complexity index is 890. The van der Waals surface area contributed by atoms with Crippen LogP contribution >= 0.6 is 24.8 Å². The van der Waals surface area contributed by atoms with Gasteiger partial charge in [0.25, 0.3) is 0 Å². The molecule has 0 aromatic heterocycles. The first-order valence-corrected chi connectivity index (χ1v) is 13.0. The van der Waals surface area contributed by atoms with Crippen molar-refractivity contribution in [3.63, 3.8) is 0 Å². The monoisotopic (exact) mass is 532 g/mol. The summed E-state index contributed by atoms with van der Waals surface area (Å²) in [6.45, 7) is 9.77. The van der Waals surface area contributed by atoms with E-state index < -0.39 is 0 Å². The average Bonchev–Trinajstić information content (AvgIpc) is 3.36. The van der Waals surface area contributed by atoms with Crippen molar-refractivity contribution in [1.29, 1.82) is 0 Å². The van der Waals surface area contributed by atoms with Crippen molar-refractivity contribution in [1.82, 2.24) is 0 Å². The number of halogens is 2. The van der Waals surface area contributed by atoms with Crippen molar-refractivity contribution in [3.8, 4) is 11.1 Å². The van der Waals surface area contributed by atoms with Crippen LogP contribution in [-0.2, 0) is 23.3 Å². The van der Waals surface area contributed by atoms with Crippen molar-refractivity contribution < 1.29 is 23.3 Å². The Kier molecular flexibility index (Phi) is 19.0. The first kappa shape index (κ1) is 33.8. The van der Waals surface area contributed by atoms with Gasteiger partial charge in [0.1, 0.15) is 0 Å². The quantitative estimate of drug-likeness (QED) is 0.218. The van der Waals surface area contributed by atoms with Crippen LogP contribution in [0.5, 0.6) is 0 Å². The molecular formula is C26H32Cl2SiZr-4. The Morgan fingerprint density at radius 2 is 1.53 bits per heavy atom. The van der Waals surface area contributed by atoms with Gasteiger partial charge in [0.15, 0.2) is 0 Å². The number of allylic oxidation sites excluding steroid dienone is 4. The normalized spacial score (nSPS) is 10.9. The largest absolute Gasteiger partial charge is 0.168 e. The van der Waals surface area contributed by atoms with Gasteiger partial charge < -0.3 is 14.9 Å². The van der Waals surface area contributed by atoms with Gasteiger partial charge in [0.05, 0.1) is 0 Å². The second-order valence-electron chi connectivity index (χ2n) is 7.19. The van der Waals surface area contributed by atoms with E-state index in [1.54, 1.807) is 0 Å². The van der Waals surface area contributed by atoms with E-state index >= 15 is 0 Å². The average molecular weight is 535 g/mol. The standard InChI is InChI=1S/C15H11.C9H13.2CH3.2ClH.Si.Zr/c1-2-6-12(7-3-1)14-10-4-8-13-9-5-11-15(13)14;1-9(2,3)8-6-4-5-7-8;;;;;;/h1-11H;4,6H,7H2,1-3H3;2*1H3;2*1H;;/q4*-1;;;;. The van der Waals surface area contributed by atoms with E-state index in [0.717, 1.165) is 6.42 Å². The van der Waals surface area contributed by atoms with Crippen molar-refractivity contribution in [2.75, 3.05) is 0 Å². The molecule has 0 spiro atoms. The van der Waals surface area contributed by atoms with Gasteiger partial charge in [-0.2, -0.15) is 17.7 Å². The van der Waals surface area contributed by atoms with E-state index in [2.05, 4.69) is 107 Å². The molecule has 0 unspecified atom stereocenters. The molecule has 0 nitrogen and oxygen atoms in total. The second-order valence-corrected chi connectivity index (χ2v) is 7.19. The van der Waals surface area contributed by atoms with Gasteiger partial charge in [-0.05, 0) is 11.0 Å². The van der Waals surface area contributed by atoms with Gasteiger partial charge in [-0.1, -0.05) is 62.7 Å². The molecule has 0 bridgehead atoms. The molecule has 1 aliphatic rings. The first-order valence-electron chi connectivity index (χ1n) is 8.77. The topological polar surface area (TPSA) is 0 Å². The third-order valence-corrected chi connectivity index (χ3v) is 4.42. The molecule has 0 saturated heterocycles. The molecule has 0 aliphatic heterocycles. The van der Waals surface area contributed by atoms with E-state index in [1.165, 1.54) is 50.8 Å². The summed E-state index contributed by atoms with van der Waals surface area (Å²) >= 11 is 1.36. The van der Waals surface area contributed by atoms with Crippen molar-refractivity contribution >= 4 is 42.5 Å². The zero-order chi connectivity index (χ0) is 19.0. The summed E-state index contributed by atoms with van der Waals surface area (Å²) in [7, 11) is 0. The maximum absolute atomic E-state index is 3.16. The Labute approximate surface area is 213 Å². The van der Waals surface area contributed by atoms with E-state index in [-0.39, 0.29) is 39.7 Å². The van der Waals surface area contributed by atoms with Gasteiger partial charge in [0, 0.05) is 0 Å². The molecule has 162 valence electrons. The summed E-state index contributed by atoms with van der Waals surface area (Å²) in [5.74, 6) is 0. The van der Waals surface area contributed by atoms with Crippen molar-refractivity contribution in [2.45, 2.75) is 27.2 Å². The molecule has 30 heavy (non-hydrogen) atoms. The molecule has 4 rings (SSSR count). The van der Waals surface area contributed by atoms with E-state index in [0.29, 0.717) is 5.41 Å². The molecule has 0 amide bonds. The predicted molar refractivity (Wildman–Crippen MR) is 138 cm³/mol. The molecule has 0 fully saturated rings. The van der Waals surface area contributed by atoms with E-state index in [4.69, 9.17) is 0 Å². The molecular weight excluding hydrogens is 503 g/mol. The third kappa shape index (κ3) is 9.56. The molecule has 0 saturated carbocycles. The Morgan fingerprint density at radius 3 is 2.03 bits per heavy atom. The van der Waals surface area contributed by atoms with Gasteiger partial charge in [-0.25, -0.2) is 12.2 Å². The third-order valence-electron chi connectivity index (χ3n) is 4.42. The summed E-state index contributed by atoms with van der Waals surface area (Å²) in [5.41, 5.74) is 4.44. The Hall–Kier alpha value is -0.790. The smallest absolute Gasteiger partial charge is 0.0279 e. The Balaban J connectivity index is -0.000000431. The van der Waals surface area contributed by atoms with E-state index in [1.807, 2.05) is 6.08 Å². The summed E-state index contributed by atoms with van der Waals surface area (Å²) in [5, 5.41) is 2.65. The van der Waals surface area contributed by atoms with Crippen molar-refractivity contribution in [3.05, 3.63) is 105 Å². The van der Waals surface area contributed by atoms with Crippen LogP contribution in [0.15, 0.2) is 84.5 Å². The molecule has 4 heteroatoms. The molecule has 0 heterocycles. The van der Waals surface area contributed by atoms with Gasteiger partial charge in [-0.15, -0.1) is 60.2 Å². The van der Waals surface area contributed by atoms with Crippen LogP contribution in [0.4, 0.5) is 0 Å². The van der Waals surface area contributed by atoms with Crippen molar-refractivity contribution in [2.24, 2.45) is 5.41 Å². The number of hydrogen-bond acceptors (Lipinski definition) is 0. The van der Waals surface area contributed by atoms with Crippen LogP contribution in [0.3, 0.4) is 0 Å². The van der Waals surface area contributed by atoms with Gasteiger partial charge in [-0.3, -0.25) is 6.08 Å². The minimum atomic E-state index is 0. The minimum Gasteiger partial charge on any atom is -0.168 e. The van der Waals surface area contributed by atoms with Crippen LogP contribution in [0.1, 0.15) is 27.2 Å². The Morgan fingerprint density at radius 1 is 0.900 bits per heavy atom. The SMILES string of the molecule is CC(C)(C)C1=CC=[C-]C1.Cl.Cl.[CH3-].[CH3-].[Si]=[Zr].c1ccc(-c2cccc3[cH-]ccc23)cc1. The predicted octanol–water partition coefficient (Wildman–Crippen LogP) is 8.31. The van der Waals surface area contributed by atoms with E-state index in [9.17, 15) is 0 Å². The fourth-order valence-electron chi connectivity index (χ4n) is 2.93. The minimum absolute atomic E-state index is 0. The number of rotatable bonds is 1. The van der Waals surface area contributed by atoms with Gasteiger partial charge in [0.2, 0.25) is 0 Å². The van der Waals surface area contributed by atoms with Crippen LogP contribution in [-0.4, -0.2) is 6.88 Å². The maximum Gasteiger partial charge on any atom is -0.0279 e. The van der Waals surface area contributed by atoms with Crippen LogP contribution in [0, 0.1) is 26.3 Å². The fourth-order valence-corrected chi connectivity index (χ4v) is 2.93. The molecule has 1 aliphatic carbocycles.